The molecule has 4 nitrogen and oxygen atoms in total. The first-order valence-electron chi connectivity index (χ1n) is 10.1. The largest absolute Gasteiger partial charge is 0.345 e. The van der Waals surface area contributed by atoms with Gasteiger partial charge in [0.25, 0.3) is 5.91 Å². The lowest BCUT2D eigenvalue weighted by molar-refractivity contribution is 0.0321. The number of para-hydroxylation sites is 1. The van der Waals surface area contributed by atoms with Gasteiger partial charge in [-0.1, -0.05) is 49.2 Å². The molecule has 27 heavy (non-hydrogen) atoms. The smallest absolute Gasteiger partial charge is 0.256 e. The number of likely N-dealkylation sites (tertiary alicyclic amines) is 1. The number of fused-ring (bicyclic) bond motifs is 2. The Morgan fingerprint density at radius 2 is 1.85 bits per heavy atom. The Hall–Kier alpha value is -2.62. The maximum absolute atomic E-state index is 13.5. The van der Waals surface area contributed by atoms with Crippen LogP contribution in [0.2, 0.25) is 0 Å². The number of carbonyl (C=O) groups is 1. The lowest BCUT2D eigenvalue weighted by Gasteiger charge is -2.48. The van der Waals surface area contributed by atoms with Gasteiger partial charge in [-0.15, -0.1) is 0 Å². The number of hydrogen-bond donors (Lipinski definition) is 1. The first-order valence-corrected chi connectivity index (χ1v) is 10.1. The maximum atomic E-state index is 13.5. The molecule has 1 saturated heterocycles. The van der Waals surface area contributed by atoms with Crippen molar-refractivity contribution in [2.45, 2.75) is 44.1 Å². The molecule has 1 unspecified atom stereocenters. The lowest BCUT2D eigenvalue weighted by atomic mass is 9.69. The molecule has 3 aromatic rings. The number of aromatic amines is 1. The molecule has 1 aliphatic heterocycles. The van der Waals surface area contributed by atoms with Crippen molar-refractivity contribution >= 4 is 16.9 Å². The zero-order valence-corrected chi connectivity index (χ0v) is 15.5. The molecular formula is C23H25N3O. The monoisotopic (exact) mass is 359 g/mol. The molecule has 1 aliphatic carbocycles. The van der Waals surface area contributed by atoms with E-state index in [1.54, 1.807) is 6.33 Å². The summed E-state index contributed by atoms with van der Waals surface area (Å²) in [5.41, 5.74) is 3.90. The Bertz CT molecular complexity index is 948. The van der Waals surface area contributed by atoms with Crippen LogP contribution in [0.5, 0.6) is 0 Å². The van der Waals surface area contributed by atoms with Crippen molar-refractivity contribution in [1.82, 2.24) is 14.9 Å². The second-order valence-electron chi connectivity index (χ2n) is 7.92. The summed E-state index contributed by atoms with van der Waals surface area (Å²) in [5.74, 6) is 1.29. The van der Waals surface area contributed by atoms with Crippen molar-refractivity contribution in [3.05, 3.63) is 66.0 Å². The van der Waals surface area contributed by atoms with E-state index in [0.29, 0.717) is 17.9 Å². The molecule has 1 aromatic heterocycles. The summed E-state index contributed by atoms with van der Waals surface area (Å²) in [6.45, 7) is 0.834. The van der Waals surface area contributed by atoms with Crippen LogP contribution in [0.3, 0.4) is 0 Å². The topological polar surface area (TPSA) is 49.0 Å². The van der Waals surface area contributed by atoms with Crippen LogP contribution in [-0.4, -0.2) is 33.4 Å². The fourth-order valence-corrected chi connectivity index (χ4v) is 5.31. The zero-order chi connectivity index (χ0) is 18.2. The van der Waals surface area contributed by atoms with Gasteiger partial charge in [0.05, 0.1) is 17.4 Å². The molecule has 138 valence electrons. The number of rotatable bonds is 2. The van der Waals surface area contributed by atoms with Crippen LogP contribution >= 0.6 is 0 Å². The number of aromatic nitrogens is 2. The third kappa shape index (κ3) is 2.84. The SMILES string of the molecule is O=C(c1cccc2[nH]cnc12)N1CC[C@H](c2ccccc2)C2CCCC[C@H]21. The molecular weight excluding hydrogens is 334 g/mol. The highest BCUT2D eigenvalue weighted by Crippen LogP contribution is 2.44. The van der Waals surface area contributed by atoms with Gasteiger partial charge in [-0.05, 0) is 48.8 Å². The van der Waals surface area contributed by atoms with Crippen molar-refractivity contribution in [1.29, 1.82) is 0 Å². The van der Waals surface area contributed by atoms with Gasteiger partial charge in [0, 0.05) is 12.6 Å². The molecule has 5 rings (SSSR count). The number of carbonyl (C=O) groups excluding carboxylic acids is 1. The standard InChI is InChI=1S/C23H25N3O/c27-23(19-10-6-11-20-22(19)25-15-24-20)26-14-13-17(16-7-2-1-3-8-16)18-9-4-5-12-21(18)26/h1-3,6-8,10-11,15,17-18,21H,4-5,9,12-14H2,(H,24,25)/t17-,18?,21-/m1/s1. The van der Waals surface area contributed by atoms with Crippen LogP contribution in [-0.2, 0) is 0 Å². The van der Waals surface area contributed by atoms with Gasteiger partial charge < -0.3 is 9.88 Å². The number of imidazole rings is 1. The molecule has 2 fully saturated rings. The summed E-state index contributed by atoms with van der Waals surface area (Å²) in [5, 5.41) is 0. The second kappa shape index (κ2) is 6.84. The molecule has 0 spiro atoms. The number of nitrogens with zero attached hydrogens (tertiary/aromatic N) is 2. The Morgan fingerprint density at radius 1 is 1.00 bits per heavy atom. The third-order valence-corrected chi connectivity index (χ3v) is 6.55. The number of amides is 1. The van der Waals surface area contributed by atoms with E-state index in [4.69, 9.17) is 0 Å². The van der Waals surface area contributed by atoms with Gasteiger partial charge in [-0.3, -0.25) is 4.79 Å². The van der Waals surface area contributed by atoms with Gasteiger partial charge in [0.15, 0.2) is 0 Å². The number of hydrogen-bond acceptors (Lipinski definition) is 2. The fraction of sp³-hybridized carbons (Fsp3) is 0.391. The molecule has 0 bridgehead atoms. The minimum absolute atomic E-state index is 0.149. The minimum Gasteiger partial charge on any atom is -0.345 e. The van der Waals surface area contributed by atoms with Crippen LogP contribution in [0.4, 0.5) is 0 Å². The predicted octanol–water partition coefficient (Wildman–Crippen LogP) is 4.75. The van der Waals surface area contributed by atoms with Gasteiger partial charge in [-0.2, -0.15) is 0 Å². The van der Waals surface area contributed by atoms with Gasteiger partial charge >= 0.3 is 0 Å². The third-order valence-electron chi connectivity index (χ3n) is 6.55. The summed E-state index contributed by atoms with van der Waals surface area (Å²) >= 11 is 0. The average molecular weight is 359 g/mol. The Kier molecular flexibility index (Phi) is 4.19. The van der Waals surface area contributed by atoms with E-state index in [1.165, 1.54) is 24.8 Å². The predicted molar refractivity (Wildman–Crippen MR) is 107 cm³/mol. The number of H-pyrrole nitrogens is 1. The van der Waals surface area contributed by atoms with Crippen LogP contribution in [0.25, 0.3) is 11.0 Å². The van der Waals surface area contributed by atoms with E-state index in [-0.39, 0.29) is 5.91 Å². The molecule has 0 radical (unpaired) electrons. The molecule has 4 heteroatoms. The van der Waals surface area contributed by atoms with Crippen LogP contribution in [0.15, 0.2) is 54.9 Å². The van der Waals surface area contributed by atoms with Gasteiger partial charge in [0.1, 0.15) is 5.52 Å². The van der Waals surface area contributed by atoms with Gasteiger partial charge in [0.2, 0.25) is 0 Å². The fourth-order valence-electron chi connectivity index (χ4n) is 5.31. The number of piperidine rings is 1. The second-order valence-corrected chi connectivity index (χ2v) is 7.92. The molecule has 1 amide bonds. The van der Waals surface area contributed by atoms with E-state index >= 15 is 0 Å². The highest BCUT2D eigenvalue weighted by molar-refractivity contribution is 6.04. The summed E-state index contributed by atoms with van der Waals surface area (Å²) in [6, 6.07) is 17.1. The van der Waals surface area contributed by atoms with Crippen molar-refractivity contribution in [3.8, 4) is 0 Å². The quantitative estimate of drug-likeness (QED) is 0.718. The Morgan fingerprint density at radius 3 is 2.74 bits per heavy atom. The summed E-state index contributed by atoms with van der Waals surface area (Å²) in [7, 11) is 0. The summed E-state index contributed by atoms with van der Waals surface area (Å²) < 4.78 is 0. The number of benzene rings is 2. The minimum atomic E-state index is 0.149. The molecule has 2 aliphatic rings. The van der Waals surface area contributed by atoms with E-state index in [0.717, 1.165) is 36.0 Å². The van der Waals surface area contributed by atoms with Crippen LogP contribution in [0.1, 0.15) is 53.9 Å². The molecule has 3 atom stereocenters. The van der Waals surface area contributed by atoms with Gasteiger partial charge in [-0.25, -0.2) is 4.98 Å². The highest BCUT2D eigenvalue weighted by Gasteiger charge is 2.42. The van der Waals surface area contributed by atoms with E-state index in [1.807, 2.05) is 18.2 Å². The summed E-state index contributed by atoms with van der Waals surface area (Å²) in [6.07, 6.45) is 7.57. The summed E-state index contributed by atoms with van der Waals surface area (Å²) in [4.78, 5) is 23.2. The molecule has 2 heterocycles. The maximum Gasteiger partial charge on any atom is 0.256 e. The zero-order valence-electron chi connectivity index (χ0n) is 15.5. The first kappa shape index (κ1) is 16.5. The normalized spacial score (nSPS) is 25.3. The van der Waals surface area contributed by atoms with E-state index in [2.05, 4.69) is 45.2 Å². The molecule has 1 N–H and O–H groups in total. The lowest BCUT2D eigenvalue weighted by Crippen LogP contribution is -2.52. The Labute approximate surface area is 159 Å². The molecule has 2 aromatic carbocycles. The molecule has 1 saturated carbocycles. The highest BCUT2D eigenvalue weighted by atomic mass is 16.2. The first-order chi connectivity index (χ1) is 13.3. The Balaban J connectivity index is 1.47. The van der Waals surface area contributed by atoms with Crippen LogP contribution < -0.4 is 0 Å². The van der Waals surface area contributed by atoms with Crippen molar-refractivity contribution < 1.29 is 4.79 Å². The number of nitrogens with one attached hydrogen (secondary N) is 1. The van der Waals surface area contributed by atoms with Crippen molar-refractivity contribution in [2.24, 2.45) is 5.92 Å². The van der Waals surface area contributed by atoms with Crippen molar-refractivity contribution in [2.75, 3.05) is 6.54 Å². The average Bonchev–Trinajstić information content (AvgIpc) is 3.22. The van der Waals surface area contributed by atoms with E-state index < -0.39 is 0 Å². The van der Waals surface area contributed by atoms with E-state index in [9.17, 15) is 4.79 Å². The van der Waals surface area contributed by atoms with Crippen molar-refractivity contribution in [3.63, 3.8) is 0 Å². The van der Waals surface area contributed by atoms with Crippen LogP contribution in [0, 0.1) is 5.92 Å².